The van der Waals surface area contributed by atoms with E-state index >= 15 is 0 Å². The molecule has 0 nitrogen and oxygen atoms in total. The van der Waals surface area contributed by atoms with Gasteiger partial charge in [-0.3, -0.25) is 0 Å². The third-order valence-corrected chi connectivity index (χ3v) is 3.88. The normalized spacial score (nSPS) is 9.96. The summed E-state index contributed by atoms with van der Waals surface area (Å²) in [7, 11) is 0. The van der Waals surface area contributed by atoms with Crippen molar-refractivity contribution in [2.24, 2.45) is 0 Å². The van der Waals surface area contributed by atoms with E-state index in [-0.39, 0.29) is 0 Å². The van der Waals surface area contributed by atoms with Crippen LogP contribution in [0.4, 0.5) is 0 Å². The van der Waals surface area contributed by atoms with Crippen LogP contribution in [0.2, 0.25) is 0 Å². The lowest BCUT2D eigenvalue weighted by Crippen LogP contribution is -1.75. The van der Waals surface area contributed by atoms with E-state index in [0.717, 1.165) is 0 Å². The molecule has 0 atom stereocenters. The zero-order chi connectivity index (χ0) is 19.4. The molecule has 0 amide bonds. The molecule has 0 aliphatic carbocycles. The molecule has 0 aromatic carbocycles. The van der Waals surface area contributed by atoms with Gasteiger partial charge in [0.1, 0.15) is 0 Å². The van der Waals surface area contributed by atoms with E-state index in [1.807, 2.05) is 6.08 Å². The molecule has 0 aliphatic rings. The summed E-state index contributed by atoms with van der Waals surface area (Å²) >= 11 is 0. The molecule has 0 heterocycles. The van der Waals surface area contributed by atoms with Gasteiger partial charge in [0.2, 0.25) is 0 Å². The molecule has 0 aliphatic heterocycles. The Morgan fingerprint density at radius 3 is 1.08 bits per heavy atom. The molecule has 0 fully saturated rings. The van der Waals surface area contributed by atoms with E-state index in [4.69, 9.17) is 0 Å². The minimum absolute atomic E-state index is 1.19. The van der Waals surface area contributed by atoms with Crippen molar-refractivity contribution in [3.05, 3.63) is 24.8 Å². The van der Waals surface area contributed by atoms with Crippen molar-refractivity contribution in [1.82, 2.24) is 0 Å². The summed E-state index contributed by atoms with van der Waals surface area (Å²) in [5.41, 5.74) is 0. The largest absolute Gasteiger partial charge is 0.103 e. The zero-order valence-corrected chi connectivity index (χ0v) is 18.8. The van der Waals surface area contributed by atoms with Crippen molar-refractivity contribution in [3.63, 3.8) is 0 Å². The summed E-state index contributed by atoms with van der Waals surface area (Å²) in [6.45, 7) is 14.7. The SMILES string of the molecule is C=CCCCCCC.CCC.CCCCCCC=CCCCCCC. The van der Waals surface area contributed by atoms with Crippen LogP contribution in [0.25, 0.3) is 0 Å². The fourth-order valence-corrected chi connectivity index (χ4v) is 2.33. The van der Waals surface area contributed by atoms with Crippen LogP contribution in [0, 0.1) is 0 Å². The van der Waals surface area contributed by atoms with Crippen LogP contribution in [0.1, 0.15) is 137 Å². The van der Waals surface area contributed by atoms with Gasteiger partial charge in [0.25, 0.3) is 0 Å². The van der Waals surface area contributed by atoms with Crippen molar-refractivity contribution in [3.8, 4) is 0 Å². The molecule has 0 unspecified atom stereocenters. The monoisotopic (exact) mass is 352 g/mol. The molecule has 0 radical (unpaired) electrons. The Morgan fingerprint density at radius 2 is 0.800 bits per heavy atom. The van der Waals surface area contributed by atoms with Crippen LogP contribution in [-0.2, 0) is 0 Å². The predicted octanol–water partition coefficient (Wildman–Crippen LogP) is 10.0. The van der Waals surface area contributed by atoms with Crippen LogP contribution >= 0.6 is 0 Å². The molecule has 0 aromatic rings. The smallest absolute Gasteiger partial charge is 0.0351 e. The molecule has 152 valence electrons. The van der Waals surface area contributed by atoms with Crippen LogP contribution in [-0.4, -0.2) is 0 Å². The quantitative estimate of drug-likeness (QED) is 0.203. The lowest BCUT2D eigenvalue weighted by molar-refractivity contribution is 0.665. The van der Waals surface area contributed by atoms with Crippen molar-refractivity contribution in [2.75, 3.05) is 0 Å². The molecule has 0 spiro atoms. The maximum atomic E-state index is 3.66. The first-order chi connectivity index (χ1) is 12.2. The predicted molar refractivity (Wildman–Crippen MR) is 122 cm³/mol. The van der Waals surface area contributed by atoms with Gasteiger partial charge in [-0.15, -0.1) is 6.58 Å². The van der Waals surface area contributed by atoms with E-state index < -0.39 is 0 Å². The Morgan fingerprint density at radius 1 is 0.480 bits per heavy atom. The Bertz CT molecular complexity index is 200. The van der Waals surface area contributed by atoms with E-state index in [2.05, 4.69) is 53.3 Å². The van der Waals surface area contributed by atoms with Gasteiger partial charge in [-0.1, -0.05) is 117 Å². The summed E-state index contributed by atoms with van der Waals surface area (Å²) in [5.74, 6) is 0. The highest BCUT2D eigenvalue weighted by molar-refractivity contribution is 4.81. The fraction of sp³-hybridized carbons (Fsp3) is 0.840. The number of hydrogen-bond acceptors (Lipinski definition) is 0. The van der Waals surface area contributed by atoms with Crippen molar-refractivity contribution in [2.45, 2.75) is 137 Å². The molecule has 0 saturated heterocycles. The molecule has 0 bridgehead atoms. The average Bonchev–Trinajstić information content (AvgIpc) is 2.62. The highest BCUT2D eigenvalue weighted by atomic mass is 13.9. The number of rotatable bonds is 15. The minimum Gasteiger partial charge on any atom is -0.103 e. The summed E-state index contributed by atoms with van der Waals surface area (Å²) in [4.78, 5) is 0. The van der Waals surface area contributed by atoms with Gasteiger partial charge in [-0.2, -0.15) is 0 Å². The molecular weight excluding hydrogens is 300 g/mol. The Balaban J connectivity index is -0.000000371. The van der Waals surface area contributed by atoms with Gasteiger partial charge in [-0.25, -0.2) is 0 Å². The second-order valence-electron chi connectivity index (χ2n) is 7.02. The topological polar surface area (TPSA) is 0 Å². The first kappa shape index (κ1) is 29.3. The molecule has 0 aromatic heterocycles. The van der Waals surface area contributed by atoms with Gasteiger partial charge in [0, 0.05) is 0 Å². The Hall–Kier alpha value is -0.520. The molecule has 0 N–H and O–H groups in total. The third kappa shape index (κ3) is 45.2. The van der Waals surface area contributed by atoms with Gasteiger partial charge < -0.3 is 0 Å². The second kappa shape index (κ2) is 34.7. The first-order valence-electron chi connectivity index (χ1n) is 11.5. The zero-order valence-electron chi connectivity index (χ0n) is 18.8. The van der Waals surface area contributed by atoms with Gasteiger partial charge in [0.05, 0.1) is 0 Å². The number of hydrogen-bond donors (Lipinski definition) is 0. The standard InChI is InChI=1S/C14H28.C8H16.C3H8/c1-3-5-7-9-11-13-14-12-10-8-6-4-2;1-3-5-7-8-6-4-2;1-3-2/h13-14H,3-12H2,1-2H3;3H,1,4-8H2,2H3;3H2,1-2H3. The second-order valence-corrected chi connectivity index (χ2v) is 7.02. The summed E-state index contributed by atoms with van der Waals surface area (Å²) in [6, 6.07) is 0. The molecule has 25 heavy (non-hydrogen) atoms. The number of unbranched alkanes of at least 4 members (excludes halogenated alkanes) is 12. The molecule has 0 heteroatoms. The fourth-order valence-electron chi connectivity index (χ4n) is 2.33. The van der Waals surface area contributed by atoms with E-state index in [9.17, 15) is 0 Å². The average molecular weight is 353 g/mol. The Labute approximate surface area is 162 Å². The van der Waals surface area contributed by atoms with Crippen LogP contribution in [0.5, 0.6) is 0 Å². The van der Waals surface area contributed by atoms with Gasteiger partial charge >= 0.3 is 0 Å². The van der Waals surface area contributed by atoms with Gasteiger partial charge in [-0.05, 0) is 38.5 Å². The van der Waals surface area contributed by atoms with Crippen LogP contribution in [0.15, 0.2) is 24.8 Å². The van der Waals surface area contributed by atoms with E-state index in [1.165, 1.54) is 103 Å². The number of allylic oxidation sites excluding steroid dienone is 3. The maximum absolute atomic E-state index is 3.66. The lowest BCUT2D eigenvalue weighted by atomic mass is 10.1. The van der Waals surface area contributed by atoms with Crippen LogP contribution in [0.3, 0.4) is 0 Å². The Kier molecular flexibility index (Phi) is 40.7. The lowest BCUT2D eigenvalue weighted by Gasteiger charge is -1.95. The van der Waals surface area contributed by atoms with E-state index in [1.54, 1.807) is 0 Å². The summed E-state index contributed by atoms with van der Waals surface area (Å²) in [5, 5.41) is 0. The van der Waals surface area contributed by atoms with Gasteiger partial charge in [0.15, 0.2) is 0 Å². The molecule has 0 saturated carbocycles. The van der Waals surface area contributed by atoms with Crippen LogP contribution < -0.4 is 0 Å². The summed E-state index contributed by atoms with van der Waals surface area (Å²) in [6.07, 6.45) is 28.3. The first-order valence-corrected chi connectivity index (χ1v) is 11.5. The van der Waals surface area contributed by atoms with Crippen molar-refractivity contribution >= 4 is 0 Å². The maximum Gasteiger partial charge on any atom is -0.0351 e. The van der Waals surface area contributed by atoms with Crippen molar-refractivity contribution in [1.29, 1.82) is 0 Å². The molecular formula is C25H52. The highest BCUT2D eigenvalue weighted by Gasteiger charge is 1.86. The van der Waals surface area contributed by atoms with E-state index in [0.29, 0.717) is 0 Å². The highest BCUT2D eigenvalue weighted by Crippen LogP contribution is 2.06. The third-order valence-electron chi connectivity index (χ3n) is 3.88. The van der Waals surface area contributed by atoms with Crippen molar-refractivity contribution < 1.29 is 0 Å². The summed E-state index contributed by atoms with van der Waals surface area (Å²) < 4.78 is 0. The molecule has 0 rings (SSSR count). The minimum atomic E-state index is 1.19.